The van der Waals surface area contributed by atoms with Crippen LogP contribution >= 0.6 is 0 Å². The van der Waals surface area contributed by atoms with Gasteiger partial charge in [0.2, 0.25) is 0 Å². The lowest BCUT2D eigenvalue weighted by molar-refractivity contribution is -0.148. The van der Waals surface area contributed by atoms with E-state index in [1.54, 1.807) is 11.9 Å². The van der Waals surface area contributed by atoms with Crippen LogP contribution in [0.4, 0.5) is 4.79 Å². The van der Waals surface area contributed by atoms with Crippen molar-refractivity contribution in [3.63, 3.8) is 0 Å². The average Bonchev–Trinajstić information content (AvgIpc) is 2.81. The summed E-state index contributed by atoms with van der Waals surface area (Å²) < 4.78 is 5.51. The molecule has 2 aliphatic heterocycles. The number of carboxylic acid groups (broad SMARTS) is 1. The quantitative estimate of drug-likeness (QED) is 0.844. The summed E-state index contributed by atoms with van der Waals surface area (Å²) in [5, 5.41) is 9.56. The Morgan fingerprint density at radius 2 is 2.05 bits per heavy atom. The molecule has 2 rings (SSSR count). The van der Waals surface area contributed by atoms with Crippen LogP contribution in [0.2, 0.25) is 0 Å². The number of aliphatic carboxylic acids is 1. The Kier molecular flexibility index (Phi) is 4.46. The second kappa shape index (κ2) is 5.83. The first-order valence-corrected chi connectivity index (χ1v) is 7.63. The zero-order valence-electron chi connectivity index (χ0n) is 13.3. The molecule has 2 fully saturated rings. The molecule has 2 amide bonds. The van der Waals surface area contributed by atoms with E-state index in [9.17, 15) is 14.7 Å². The highest BCUT2D eigenvalue weighted by molar-refractivity contribution is 5.83. The van der Waals surface area contributed by atoms with Gasteiger partial charge in [0.15, 0.2) is 0 Å². The van der Waals surface area contributed by atoms with Gasteiger partial charge >= 0.3 is 12.0 Å². The fourth-order valence-electron chi connectivity index (χ4n) is 3.64. The molecule has 3 atom stereocenters. The minimum absolute atomic E-state index is 0.0000267. The number of rotatable bonds is 2. The molecule has 3 unspecified atom stereocenters. The number of hydrogen-bond donors (Lipinski definition) is 1. The van der Waals surface area contributed by atoms with Gasteiger partial charge in [-0.25, -0.2) is 9.59 Å². The Morgan fingerprint density at radius 1 is 1.38 bits per heavy atom. The third kappa shape index (κ3) is 3.00. The smallest absolute Gasteiger partial charge is 0.327 e. The molecule has 1 N–H and O–H groups in total. The number of likely N-dealkylation sites (N-methyl/N-ethyl adjacent to an activating group) is 1. The van der Waals surface area contributed by atoms with Crippen LogP contribution in [0.1, 0.15) is 40.0 Å². The lowest BCUT2D eigenvalue weighted by Gasteiger charge is -2.45. The number of piperidine rings is 1. The van der Waals surface area contributed by atoms with Crippen molar-refractivity contribution in [2.45, 2.75) is 58.2 Å². The maximum Gasteiger partial charge on any atom is 0.327 e. The Balaban J connectivity index is 2.18. The minimum Gasteiger partial charge on any atom is -0.480 e. The van der Waals surface area contributed by atoms with Gasteiger partial charge in [-0.2, -0.15) is 0 Å². The number of amides is 2. The largest absolute Gasteiger partial charge is 0.480 e. The van der Waals surface area contributed by atoms with E-state index < -0.39 is 17.4 Å². The van der Waals surface area contributed by atoms with Crippen LogP contribution in [0.25, 0.3) is 0 Å². The van der Waals surface area contributed by atoms with E-state index in [-0.39, 0.29) is 18.2 Å². The number of carbonyl (C=O) groups is 2. The number of hydrogen-bond acceptors (Lipinski definition) is 3. The highest BCUT2D eigenvalue weighted by Gasteiger charge is 2.46. The predicted octanol–water partition coefficient (Wildman–Crippen LogP) is 1.79. The van der Waals surface area contributed by atoms with Crippen molar-refractivity contribution in [1.82, 2.24) is 9.80 Å². The Labute approximate surface area is 126 Å². The first-order chi connectivity index (χ1) is 9.75. The fourth-order valence-corrected chi connectivity index (χ4v) is 3.64. The summed E-state index contributed by atoms with van der Waals surface area (Å²) in [6, 6.07) is -0.937. The maximum absolute atomic E-state index is 12.8. The van der Waals surface area contributed by atoms with Crippen molar-refractivity contribution in [2.24, 2.45) is 5.41 Å². The lowest BCUT2D eigenvalue weighted by atomic mass is 9.76. The number of nitrogens with zero attached hydrogens (tertiary/aromatic N) is 2. The van der Waals surface area contributed by atoms with Crippen LogP contribution in [0.15, 0.2) is 0 Å². The van der Waals surface area contributed by atoms with Crippen LogP contribution in [-0.4, -0.2) is 65.3 Å². The van der Waals surface area contributed by atoms with Crippen molar-refractivity contribution in [2.75, 3.05) is 20.2 Å². The minimum atomic E-state index is -0.919. The van der Waals surface area contributed by atoms with Gasteiger partial charge in [-0.05, 0) is 31.6 Å². The van der Waals surface area contributed by atoms with Gasteiger partial charge in [0.1, 0.15) is 6.04 Å². The number of urea groups is 1. The standard InChI is InChI=1S/C15H26N2O4/c1-10-11(6-9-21-10)16(4)14(20)17-8-5-7-15(2,3)12(17)13(18)19/h10-12H,5-9H2,1-4H3,(H,18,19). The molecule has 2 saturated heterocycles. The molecular weight excluding hydrogens is 272 g/mol. The predicted molar refractivity (Wildman–Crippen MR) is 78.1 cm³/mol. The van der Waals surface area contributed by atoms with Crippen LogP contribution in [-0.2, 0) is 9.53 Å². The highest BCUT2D eigenvalue weighted by Crippen LogP contribution is 2.36. The fraction of sp³-hybridized carbons (Fsp3) is 0.867. The molecule has 0 bridgehead atoms. The van der Waals surface area contributed by atoms with Gasteiger partial charge in [-0.15, -0.1) is 0 Å². The summed E-state index contributed by atoms with van der Waals surface area (Å²) in [6.45, 7) is 6.96. The molecule has 0 aromatic rings. The van der Waals surface area contributed by atoms with Gasteiger partial charge in [0.25, 0.3) is 0 Å². The Morgan fingerprint density at radius 3 is 2.57 bits per heavy atom. The molecule has 0 spiro atoms. The third-order valence-electron chi connectivity index (χ3n) is 4.89. The van der Waals surface area contributed by atoms with E-state index >= 15 is 0 Å². The van der Waals surface area contributed by atoms with Crippen LogP contribution in [0.5, 0.6) is 0 Å². The molecule has 0 radical (unpaired) electrons. The topological polar surface area (TPSA) is 70.1 Å². The average molecular weight is 298 g/mol. The van der Waals surface area contributed by atoms with Crippen LogP contribution < -0.4 is 0 Å². The Hall–Kier alpha value is -1.30. The normalized spacial score (nSPS) is 32.0. The van der Waals surface area contributed by atoms with Gasteiger partial charge in [0.05, 0.1) is 12.1 Å². The molecular formula is C15H26N2O4. The molecule has 6 heteroatoms. The van der Waals surface area contributed by atoms with Crippen molar-refractivity contribution in [1.29, 1.82) is 0 Å². The second-order valence-electron chi connectivity index (χ2n) is 6.85. The molecule has 0 aromatic carbocycles. The molecule has 2 heterocycles. The van der Waals surface area contributed by atoms with Gasteiger partial charge in [-0.1, -0.05) is 13.8 Å². The summed E-state index contributed by atoms with van der Waals surface area (Å²) >= 11 is 0. The first-order valence-electron chi connectivity index (χ1n) is 7.63. The molecule has 120 valence electrons. The van der Waals surface area contributed by atoms with Crippen molar-refractivity contribution >= 4 is 12.0 Å². The summed E-state index contributed by atoms with van der Waals surface area (Å²) in [5.74, 6) is -0.919. The molecule has 21 heavy (non-hydrogen) atoms. The van der Waals surface area contributed by atoms with E-state index in [2.05, 4.69) is 0 Å². The van der Waals surface area contributed by atoms with Crippen molar-refractivity contribution in [3.05, 3.63) is 0 Å². The summed E-state index contributed by atoms with van der Waals surface area (Å²) in [4.78, 5) is 27.6. The zero-order chi connectivity index (χ0) is 15.8. The van der Waals surface area contributed by atoms with Crippen molar-refractivity contribution in [3.8, 4) is 0 Å². The number of likely N-dealkylation sites (tertiary alicyclic amines) is 1. The highest BCUT2D eigenvalue weighted by atomic mass is 16.5. The molecule has 0 aliphatic carbocycles. The molecule has 0 saturated carbocycles. The van der Waals surface area contributed by atoms with E-state index in [4.69, 9.17) is 4.74 Å². The summed E-state index contributed by atoms with van der Waals surface area (Å²) in [5.41, 5.74) is -0.404. The number of carbonyl (C=O) groups excluding carboxylic acids is 1. The number of ether oxygens (including phenoxy) is 1. The van der Waals surface area contributed by atoms with Gasteiger partial charge in [0, 0.05) is 20.2 Å². The van der Waals surface area contributed by atoms with Gasteiger partial charge < -0.3 is 19.6 Å². The first kappa shape index (κ1) is 16.1. The second-order valence-corrected chi connectivity index (χ2v) is 6.85. The summed E-state index contributed by atoms with van der Waals surface area (Å²) in [7, 11) is 1.75. The van der Waals surface area contributed by atoms with Crippen LogP contribution in [0.3, 0.4) is 0 Å². The zero-order valence-corrected chi connectivity index (χ0v) is 13.3. The molecule has 2 aliphatic rings. The van der Waals surface area contributed by atoms with E-state index in [0.717, 1.165) is 19.3 Å². The third-order valence-corrected chi connectivity index (χ3v) is 4.89. The number of carboxylic acids is 1. The monoisotopic (exact) mass is 298 g/mol. The molecule has 0 aromatic heterocycles. The lowest BCUT2D eigenvalue weighted by Crippen LogP contribution is -2.60. The SMILES string of the molecule is CC1OCCC1N(C)C(=O)N1CCCC(C)(C)C1C(=O)O. The maximum atomic E-state index is 12.8. The van der Waals surface area contributed by atoms with Crippen LogP contribution in [0, 0.1) is 5.41 Å². The van der Waals surface area contributed by atoms with Gasteiger partial charge in [-0.3, -0.25) is 0 Å². The van der Waals surface area contributed by atoms with E-state index in [1.807, 2.05) is 20.8 Å². The van der Waals surface area contributed by atoms with Crippen molar-refractivity contribution < 1.29 is 19.4 Å². The van der Waals surface area contributed by atoms with E-state index in [0.29, 0.717) is 13.2 Å². The van der Waals surface area contributed by atoms with E-state index in [1.165, 1.54) is 4.90 Å². The molecule has 6 nitrogen and oxygen atoms in total. The Bertz CT molecular complexity index is 424. The summed E-state index contributed by atoms with van der Waals surface area (Å²) in [6.07, 6.45) is 2.46.